The van der Waals surface area contributed by atoms with Gasteiger partial charge in [-0.3, -0.25) is 0 Å². The first-order valence-electron chi connectivity index (χ1n) is 5.07. The first-order chi connectivity index (χ1) is 7.16. The lowest BCUT2D eigenvalue weighted by molar-refractivity contribution is 0.0968. The molecule has 2 atom stereocenters. The molecule has 0 aliphatic carbocycles. The molecule has 0 saturated carbocycles. The molecule has 0 radical (unpaired) electrons. The highest BCUT2D eigenvalue weighted by atomic mass is 35.5. The molecule has 1 aromatic heterocycles. The minimum absolute atomic E-state index is 0.193. The van der Waals surface area contributed by atoms with Crippen LogP contribution in [-0.4, -0.2) is 34.3 Å². The Hall–Kier alpha value is -0.870. The van der Waals surface area contributed by atoms with Gasteiger partial charge in [-0.05, 0) is 12.3 Å². The number of hydrogen-bond acceptors (Lipinski definition) is 4. The van der Waals surface area contributed by atoms with E-state index in [1.807, 2.05) is 6.92 Å². The monoisotopic (exact) mass is 227 g/mol. The predicted molar refractivity (Wildman–Crippen MR) is 59.0 cm³/mol. The van der Waals surface area contributed by atoms with Crippen molar-refractivity contribution in [2.24, 2.45) is 5.92 Å². The Kier molecular flexibility index (Phi) is 3.07. The van der Waals surface area contributed by atoms with E-state index in [1.165, 1.54) is 0 Å². The van der Waals surface area contributed by atoms with Gasteiger partial charge in [-0.2, -0.15) is 0 Å². The summed E-state index contributed by atoms with van der Waals surface area (Å²) in [6, 6.07) is 0. The van der Waals surface area contributed by atoms with Gasteiger partial charge in [-0.1, -0.05) is 18.5 Å². The van der Waals surface area contributed by atoms with Gasteiger partial charge in [0.25, 0.3) is 0 Å². The number of anilines is 1. The normalized spacial score (nSPS) is 26.7. The number of aromatic nitrogens is 2. The lowest BCUT2D eigenvalue weighted by Crippen LogP contribution is -2.42. The molecule has 1 aliphatic rings. The van der Waals surface area contributed by atoms with Crippen molar-refractivity contribution in [1.82, 2.24) is 9.97 Å². The summed E-state index contributed by atoms with van der Waals surface area (Å²) in [6.45, 7) is 3.68. The van der Waals surface area contributed by atoms with Crippen LogP contribution in [0.5, 0.6) is 0 Å². The van der Waals surface area contributed by atoms with Crippen LogP contribution in [0.4, 0.5) is 5.82 Å². The van der Waals surface area contributed by atoms with E-state index in [1.54, 1.807) is 12.4 Å². The maximum atomic E-state index is 9.60. The van der Waals surface area contributed by atoms with Crippen LogP contribution in [-0.2, 0) is 0 Å². The molecule has 0 aromatic carbocycles. The fourth-order valence-electron chi connectivity index (χ4n) is 1.81. The van der Waals surface area contributed by atoms with Crippen LogP contribution in [0.2, 0.25) is 5.15 Å². The fraction of sp³-hybridized carbons (Fsp3) is 0.600. The molecule has 1 saturated heterocycles. The second kappa shape index (κ2) is 4.33. The molecule has 0 spiro atoms. The van der Waals surface area contributed by atoms with Crippen molar-refractivity contribution in [2.45, 2.75) is 19.4 Å². The van der Waals surface area contributed by atoms with Gasteiger partial charge in [-0.15, -0.1) is 0 Å². The lowest BCUT2D eigenvalue weighted by atomic mass is 9.97. The number of aliphatic hydroxyl groups excluding tert-OH is 1. The molecule has 4 nitrogen and oxygen atoms in total. The predicted octanol–water partition coefficient (Wildman–Crippen LogP) is 1.34. The molecule has 1 aromatic rings. The summed E-state index contributed by atoms with van der Waals surface area (Å²) < 4.78 is 0. The van der Waals surface area contributed by atoms with E-state index in [0.717, 1.165) is 25.3 Å². The first kappa shape index (κ1) is 10.6. The molecule has 1 N–H and O–H groups in total. The average Bonchev–Trinajstić information content (AvgIpc) is 2.23. The van der Waals surface area contributed by atoms with Gasteiger partial charge in [0.1, 0.15) is 11.0 Å². The van der Waals surface area contributed by atoms with Gasteiger partial charge in [0.05, 0.1) is 18.5 Å². The summed E-state index contributed by atoms with van der Waals surface area (Å²) in [4.78, 5) is 10.3. The van der Waals surface area contributed by atoms with Crippen molar-refractivity contribution in [1.29, 1.82) is 0 Å². The molecule has 1 aliphatic heterocycles. The Morgan fingerprint density at radius 2 is 2.27 bits per heavy atom. The van der Waals surface area contributed by atoms with Crippen molar-refractivity contribution in [3.05, 3.63) is 17.5 Å². The second-order valence-corrected chi connectivity index (χ2v) is 4.36. The maximum Gasteiger partial charge on any atom is 0.147 e. The summed E-state index contributed by atoms with van der Waals surface area (Å²) in [7, 11) is 0. The topological polar surface area (TPSA) is 49.2 Å². The van der Waals surface area contributed by atoms with Crippen LogP contribution in [0, 0.1) is 5.92 Å². The zero-order valence-electron chi connectivity index (χ0n) is 8.60. The molecule has 2 unspecified atom stereocenters. The zero-order valence-corrected chi connectivity index (χ0v) is 9.35. The zero-order chi connectivity index (χ0) is 10.8. The smallest absolute Gasteiger partial charge is 0.147 e. The van der Waals surface area contributed by atoms with Gasteiger partial charge in [0.15, 0.2) is 0 Å². The molecule has 1 fully saturated rings. The molecule has 2 heterocycles. The van der Waals surface area contributed by atoms with Crippen LogP contribution in [0.1, 0.15) is 13.3 Å². The number of nitrogens with zero attached hydrogens (tertiary/aromatic N) is 3. The lowest BCUT2D eigenvalue weighted by Gasteiger charge is -2.34. The molecular formula is C10H14ClN3O. The van der Waals surface area contributed by atoms with Crippen molar-refractivity contribution in [3.8, 4) is 0 Å². The SMILES string of the molecule is CC1CN(c2cnc(Cl)cn2)CCC1O. The van der Waals surface area contributed by atoms with Crippen LogP contribution in [0.15, 0.2) is 12.4 Å². The highest BCUT2D eigenvalue weighted by Gasteiger charge is 2.24. The summed E-state index contributed by atoms with van der Waals surface area (Å²) in [5.74, 6) is 1.11. The largest absolute Gasteiger partial charge is 0.393 e. The van der Waals surface area contributed by atoms with E-state index in [0.29, 0.717) is 5.15 Å². The number of piperidine rings is 1. The Labute approximate surface area is 93.9 Å². The van der Waals surface area contributed by atoms with Crippen molar-refractivity contribution in [2.75, 3.05) is 18.0 Å². The standard InChI is InChI=1S/C10H14ClN3O/c1-7-6-14(3-2-8(7)15)10-5-12-9(11)4-13-10/h4-5,7-8,15H,2-3,6H2,1H3. The van der Waals surface area contributed by atoms with Gasteiger partial charge in [0, 0.05) is 13.1 Å². The summed E-state index contributed by atoms with van der Waals surface area (Å²) in [6.07, 6.45) is 3.81. The number of rotatable bonds is 1. The second-order valence-electron chi connectivity index (χ2n) is 3.98. The third kappa shape index (κ3) is 2.38. The van der Waals surface area contributed by atoms with E-state index >= 15 is 0 Å². The Bertz CT molecular complexity index is 330. The number of hydrogen-bond donors (Lipinski definition) is 1. The van der Waals surface area contributed by atoms with E-state index in [2.05, 4.69) is 14.9 Å². The third-order valence-corrected chi connectivity index (χ3v) is 2.99. The van der Waals surface area contributed by atoms with Crippen LogP contribution in [0.25, 0.3) is 0 Å². The van der Waals surface area contributed by atoms with Crippen LogP contribution >= 0.6 is 11.6 Å². The summed E-state index contributed by atoms with van der Waals surface area (Å²) in [5.41, 5.74) is 0. The minimum Gasteiger partial charge on any atom is -0.393 e. The van der Waals surface area contributed by atoms with Crippen molar-refractivity contribution < 1.29 is 5.11 Å². The minimum atomic E-state index is -0.193. The van der Waals surface area contributed by atoms with E-state index in [4.69, 9.17) is 11.6 Å². The van der Waals surface area contributed by atoms with Crippen LogP contribution < -0.4 is 4.90 Å². The maximum absolute atomic E-state index is 9.60. The Balaban J connectivity index is 2.08. The van der Waals surface area contributed by atoms with Gasteiger partial charge in [0.2, 0.25) is 0 Å². The molecule has 0 amide bonds. The van der Waals surface area contributed by atoms with Crippen molar-refractivity contribution in [3.63, 3.8) is 0 Å². The van der Waals surface area contributed by atoms with E-state index in [9.17, 15) is 5.11 Å². The highest BCUT2D eigenvalue weighted by molar-refractivity contribution is 6.29. The number of aliphatic hydroxyl groups is 1. The van der Waals surface area contributed by atoms with Gasteiger partial charge in [-0.25, -0.2) is 9.97 Å². The Morgan fingerprint density at radius 3 is 2.87 bits per heavy atom. The van der Waals surface area contributed by atoms with Gasteiger partial charge >= 0.3 is 0 Å². The molecular weight excluding hydrogens is 214 g/mol. The molecule has 5 heteroatoms. The van der Waals surface area contributed by atoms with E-state index in [-0.39, 0.29) is 12.0 Å². The molecule has 82 valence electrons. The van der Waals surface area contributed by atoms with Crippen molar-refractivity contribution >= 4 is 17.4 Å². The molecule has 15 heavy (non-hydrogen) atoms. The first-order valence-corrected chi connectivity index (χ1v) is 5.45. The number of halogens is 1. The fourth-order valence-corrected chi connectivity index (χ4v) is 1.91. The molecule has 2 rings (SSSR count). The summed E-state index contributed by atoms with van der Waals surface area (Å²) >= 11 is 5.67. The van der Waals surface area contributed by atoms with E-state index < -0.39 is 0 Å². The highest BCUT2D eigenvalue weighted by Crippen LogP contribution is 2.21. The Morgan fingerprint density at radius 1 is 1.47 bits per heavy atom. The van der Waals surface area contributed by atoms with Gasteiger partial charge < -0.3 is 10.0 Å². The summed E-state index contributed by atoms with van der Waals surface area (Å²) in [5, 5.41) is 10.0. The van der Waals surface area contributed by atoms with Crippen LogP contribution in [0.3, 0.4) is 0 Å². The molecule has 0 bridgehead atoms. The average molecular weight is 228 g/mol. The quantitative estimate of drug-likeness (QED) is 0.787. The third-order valence-electron chi connectivity index (χ3n) is 2.79.